The Labute approximate surface area is 152 Å². The van der Waals surface area contributed by atoms with Crippen molar-refractivity contribution in [1.82, 2.24) is 0 Å². The fraction of sp³-hybridized carbons (Fsp3) is 0.0909. The number of anilines is 2. The highest BCUT2D eigenvalue weighted by molar-refractivity contribution is 6.02. The Morgan fingerprint density at radius 2 is 0.885 bits per heavy atom. The highest BCUT2D eigenvalue weighted by atomic mass is 16.1. The van der Waals surface area contributed by atoms with Crippen molar-refractivity contribution >= 4 is 22.9 Å². The van der Waals surface area contributed by atoms with E-state index in [1.807, 2.05) is 60.7 Å². The van der Waals surface area contributed by atoms with Crippen LogP contribution in [0.3, 0.4) is 0 Å². The van der Waals surface area contributed by atoms with Crippen molar-refractivity contribution in [1.29, 1.82) is 0 Å². The summed E-state index contributed by atoms with van der Waals surface area (Å²) in [6, 6.07) is 25.9. The standard InChI is InChI=1S/C22H20N2O2/c25-21(15-23-19-7-3-1-4-8-19)17-11-13-18(14-12-17)22(26)16-24-20-9-5-2-6-10-20/h1-14,23-24H,15-16H2. The zero-order valence-electron chi connectivity index (χ0n) is 14.3. The van der Waals surface area contributed by atoms with Gasteiger partial charge in [0.15, 0.2) is 11.6 Å². The minimum atomic E-state index is -0.0183. The molecular weight excluding hydrogens is 324 g/mol. The second kappa shape index (κ2) is 8.62. The molecule has 3 rings (SSSR count). The van der Waals surface area contributed by atoms with Gasteiger partial charge in [-0.1, -0.05) is 60.7 Å². The van der Waals surface area contributed by atoms with Gasteiger partial charge < -0.3 is 10.6 Å². The minimum absolute atomic E-state index is 0.0183. The first-order valence-electron chi connectivity index (χ1n) is 8.47. The molecular formula is C22H20N2O2. The molecule has 3 aromatic rings. The number of ketones is 2. The first kappa shape index (κ1) is 17.4. The number of para-hydroxylation sites is 2. The zero-order valence-corrected chi connectivity index (χ0v) is 14.3. The molecule has 130 valence electrons. The maximum atomic E-state index is 12.3. The number of nitrogens with one attached hydrogen (secondary N) is 2. The molecule has 0 aliphatic rings. The highest BCUT2D eigenvalue weighted by Crippen LogP contribution is 2.10. The van der Waals surface area contributed by atoms with Gasteiger partial charge in [-0.25, -0.2) is 0 Å². The average Bonchev–Trinajstić information content (AvgIpc) is 2.72. The van der Waals surface area contributed by atoms with E-state index in [2.05, 4.69) is 10.6 Å². The van der Waals surface area contributed by atoms with Crippen LogP contribution in [0.2, 0.25) is 0 Å². The molecule has 26 heavy (non-hydrogen) atoms. The molecule has 0 aliphatic heterocycles. The molecule has 0 amide bonds. The van der Waals surface area contributed by atoms with Gasteiger partial charge in [-0.15, -0.1) is 0 Å². The summed E-state index contributed by atoms with van der Waals surface area (Å²) in [5, 5.41) is 6.18. The Balaban J connectivity index is 1.53. The number of Topliss-reactive ketones (excluding diaryl/α,β-unsaturated/α-hetero) is 2. The van der Waals surface area contributed by atoms with E-state index in [1.165, 1.54) is 0 Å². The van der Waals surface area contributed by atoms with Gasteiger partial charge in [-0.05, 0) is 24.3 Å². The number of benzene rings is 3. The maximum absolute atomic E-state index is 12.3. The predicted molar refractivity (Wildman–Crippen MR) is 105 cm³/mol. The van der Waals surface area contributed by atoms with Crippen molar-refractivity contribution in [2.24, 2.45) is 0 Å². The van der Waals surface area contributed by atoms with E-state index in [9.17, 15) is 9.59 Å². The van der Waals surface area contributed by atoms with E-state index in [0.717, 1.165) is 11.4 Å². The van der Waals surface area contributed by atoms with Gasteiger partial charge in [-0.3, -0.25) is 9.59 Å². The molecule has 0 heterocycles. The number of carbonyl (C=O) groups is 2. The van der Waals surface area contributed by atoms with Crippen LogP contribution in [0.5, 0.6) is 0 Å². The minimum Gasteiger partial charge on any atom is -0.378 e. The Hall–Kier alpha value is -3.40. The third-order valence-corrected chi connectivity index (χ3v) is 3.98. The van der Waals surface area contributed by atoms with Crippen molar-refractivity contribution in [2.45, 2.75) is 0 Å². The summed E-state index contributed by atoms with van der Waals surface area (Å²) in [4.78, 5) is 24.5. The normalized spacial score (nSPS) is 10.2. The highest BCUT2D eigenvalue weighted by Gasteiger charge is 2.09. The van der Waals surface area contributed by atoms with Gasteiger partial charge in [-0.2, -0.15) is 0 Å². The second-order valence-corrected chi connectivity index (χ2v) is 5.86. The molecule has 3 aromatic carbocycles. The smallest absolute Gasteiger partial charge is 0.181 e. The third kappa shape index (κ3) is 4.80. The SMILES string of the molecule is O=C(CNc1ccccc1)c1ccc(C(=O)CNc2ccccc2)cc1. The summed E-state index contributed by atoms with van der Waals surface area (Å²) < 4.78 is 0. The molecule has 0 fully saturated rings. The Morgan fingerprint density at radius 3 is 1.23 bits per heavy atom. The summed E-state index contributed by atoms with van der Waals surface area (Å²) in [6.45, 7) is 0.430. The van der Waals surface area contributed by atoms with Crippen LogP contribution in [-0.4, -0.2) is 24.7 Å². The number of hydrogen-bond acceptors (Lipinski definition) is 4. The molecule has 0 radical (unpaired) electrons. The summed E-state index contributed by atoms with van der Waals surface area (Å²) >= 11 is 0. The van der Waals surface area contributed by atoms with Gasteiger partial charge >= 0.3 is 0 Å². The van der Waals surface area contributed by atoms with Crippen molar-refractivity contribution in [3.63, 3.8) is 0 Å². The summed E-state index contributed by atoms with van der Waals surface area (Å²) in [5.41, 5.74) is 2.97. The largest absolute Gasteiger partial charge is 0.378 e. The van der Waals surface area contributed by atoms with E-state index in [1.54, 1.807) is 24.3 Å². The second-order valence-electron chi connectivity index (χ2n) is 5.86. The summed E-state index contributed by atoms with van der Waals surface area (Å²) in [6.07, 6.45) is 0. The van der Waals surface area contributed by atoms with Crippen molar-refractivity contribution in [3.05, 3.63) is 96.1 Å². The van der Waals surface area contributed by atoms with Crippen LogP contribution < -0.4 is 10.6 Å². The Kier molecular flexibility index (Phi) is 5.78. The van der Waals surface area contributed by atoms with E-state index in [4.69, 9.17) is 0 Å². The molecule has 4 nitrogen and oxygen atoms in total. The Bertz CT molecular complexity index is 785. The molecule has 0 spiro atoms. The molecule has 0 saturated heterocycles. The molecule has 0 aliphatic carbocycles. The maximum Gasteiger partial charge on any atom is 0.181 e. The molecule has 0 atom stereocenters. The molecule has 0 bridgehead atoms. The summed E-state index contributed by atoms with van der Waals surface area (Å²) in [5.74, 6) is -0.0366. The molecule has 4 heteroatoms. The van der Waals surface area contributed by atoms with Gasteiger partial charge in [0.2, 0.25) is 0 Å². The van der Waals surface area contributed by atoms with E-state index in [0.29, 0.717) is 11.1 Å². The van der Waals surface area contributed by atoms with Gasteiger partial charge in [0.25, 0.3) is 0 Å². The van der Waals surface area contributed by atoms with E-state index < -0.39 is 0 Å². The molecule has 2 N–H and O–H groups in total. The van der Waals surface area contributed by atoms with Crippen molar-refractivity contribution in [2.75, 3.05) is 23.7 Å². The van der Waals surface area contributed by atoms with Crippen LogP contribution in [0.25, 0.3) is 0 Å². The first-order chi connectivity index (χ1) is 12.7. The van der Waals surface area contributed by atoms with Crippen LogP contribution >= 0.6 is 0 Å². The molecule has 0 saturated carbocycles. The zero-order chi connectivity index (χ0) is 18.2. The first-order valence-corrected chi connectivity index (χ1v) is 8.47. The monoisotopic (exact) mass is 344 g/mol. The van der Waals surface area contributed by atoms with Crippen molar-refractivity contribution in [3.8, 4) is 0 Å². The van der Waals surface area contributed by atoms with Crippen LogP contribution in [-0.2, 0) is 0 Å². The topological polar surface area (TPSA) is 58.2 Å². The lowest BCUT2D eigenvalue weighted by atomic mass is 10.1. The lowest BCUT2D eigenvalue weighted by Crippen LogP contribution is -2.16. The van der Waals surface area contributed by atoms with Gasteiger partial charge in [0.1, 0.15) is 0 Å². The van der Waals surface area contributed by atoms with Crippen LogP contribution in [0, 0.1) is 0 Å². The fourth-order valence-corrected chi connectivity index (χ4v) is 2.52. The quantitative estimate of drug-likeness (QED) is 0.599. The van der Waals surface area contributed by atoms with Crippen LogP contribution in [0.1, 0.15) is 20.7 Å². The predicted octanol–water partition coefficient (Wildman–Crippen LogP) is 4.28. The van der Waals surface area contributed by atoms with Gasteiger partial charge in [0.05, 0.1) is 13.1 Å². The molecule has 0 aromatic heterocycles. The van der Waals surface area contributed by atoms with Crippen molar-refractivity contribution < 1.29 is 9.59 Å². The average molecular weight is 344 g/mol. The third-order valence-electron chi connectivity index (χ3n) is 3.98. The number of carbonyl (C=O) groups excluding carboxylic acids is 2. The fourth-order valence-electron chi connectivity index (χ4n) is 2.52. The van der Waals surface area contributed by atoms with Crippen LogP contribution in [0.15, 0.2) is 84.9 Å². The van der Waals surface area contributed by atoms with E-state index >= 15 is 0 Å². The Morgan fingerprint density at radius 1 is 0.538 bits per heavy atom. The number of hydrogen-bond donors (Lipinski definition) is 2. The number of rotatable bonds is 8. The molecule has 0 unspecified atom stereocenters. The lowest BCUT2D eigenvalue weighted by molar-refractivity contribution is 0.0994. The van der Waals surface area contributed by atoms with Gasteiger partial charge in [0, 0.05) is 22.5 Å². The van der Waals surface area contributed by atoms with E-state index in [-0.39, 0.29) is 24.7 Å². The van der Waals surface area contributed by atoms with Crippen LogP contribution in [0.4, 0.5) is 11.4 Å². The lowest BCUT2D eigenvalue weighted by Gasteiger charge is -2.07. The summed E-state index contributed by atoms with van der Waals surface area (Å²) in [7, 11) is 0.